The smallest absolute Gasteiger partial charge is 0.232 e. The maximum atomic E-state index is 12.0. The molecule has 0 aliphatic carbocycles. The molecular formula is C13H19N3O3S. The zero-order valence-electron chi connectivity index (χ0n) is 14.2. The first-order chi connectivity index (χ1) is 10.7. The normalized spacial score (nSPS) is 14.8. The number of fused-ring (bicyclic) bond motifs is 1. The molecule has 1 aromatic carbocycles. The lowest BCUT2D eigenvalue weighted by molar-refractivity contribution is 0.194. The number of benzene rings is 1. The molecule has 20 heavy (non-hydrogen) atoms. The van der Waals surface area contributed by atoms with Crippen LogP contribution >= 0.6 is 0 Å². The number of aryl methyl sites for hydroxylation is 1. The minimum atomic E-state index is -3.49. The molecule has 0 aliphatic heterocycles. The van der Waals surface area contributed by atoms with Gasteiger partial charge in [-0.25, -0.2) is 8.42 Å². The van der Waals surface area contributed by atoms with E-state index >= 15 is 0 Å². The highest BCUT2D eigenvalue weighted by Crippen LogP contribution is 2.19. The van der Waals surface area contributed by atoms with Crippen molar-refractivity contribution in [3.05, 3.63) is 24.4 Å². The molecule has 0 saturated heterocycles. The number of nitrogens with one attached hydrogen (secondary N) is 1. The summed E-state index contributed by atoms with van der Waals surface area (Å²) in [5.41, 5.74) is 0.667. The molecule has 7 heteroatoms. The zero-order chi connectivity index (χ0) is 17.1. The van der Waals surface area contributed by atoms with Crippen molar-refractivity contribution in [2.45, 2.75) is 12.8 Å². The Morgan fingerprint density at radius 1 is 1.45 bits per heavy atom. The Morgan fingerprint density at radius 2 is 2.30 bits per heavy atom. The van der Waals surface area contributed by atoms with Crippen LogP contribution in [-0.4, -0.2) is 37.7 Å². The summed E-state index contributed by atoms with van der Waals surface area (Å²) in [4.78, 5) is 0. The fourth-order valence-corrected chi connectivity index (χ4v) is 3.02. The number of unbranched alkanes of at least 4 members (excludes halogenated alkanes) is 1. The monoisotopic (exact) mass is 300 g/mol. The van der Waals surface area contributed by atoms with Gasteiger partial charge < -0.3 is 4.74 Å². The topological polar surface area (TPSA) is 73.2 Å². The molecule has 1 aromatic heterocycles. The quantitative estimate of drug-likeness (QED) is 0.791. The summed E-state index contributed by atoms with van der Waals surface area (Å²) in [7, 11) is -1.93. The molecule has 6 nitrogen and oxygen atoms in total. The van der Waals surface area contributed by atoms with E-state index in [9.17, 15) is 8.42 Å². The Bertz CT molecular complexity index is 772. The standard InChI is InChI=1S/C13H19N3O3S/c1-16-13-9-12(6-5-11(13)10-14-16)15-20(17,18)8-4-3-7-19-2/h5-6,9-10,15H,3-4,7-8H2,1-2H3/i1D3. The maximum Gasteiger partial charge on any atom is 0.232 e. The number of hydrogen-bond donors (Lipinski definition) is 1. The molecule has 0 amide bonds. The van der Waals surface area contributed by atoms with Crippen molar-refractivity contribution in [1.29, 1.82) is 0 Å². The summed E-state index contributed by atoms with van der Waals surface area (Å²) >= 11 is 0. The minimum absolute atomic E-state index is 0.0209. The number of aromatic nitrogens is 2. The third-order valence-corrected chi connectivity index (χ3v) is 4.23. The van der Waals surface area contributed by atoms with Crippen molar-refractivity contribution < 1.29 is 17.3 Å². The second kappa shape index (κ2) is 6.23. The van der Waals surface area contributed by atoms with Crippen molar-refractivity contribution in [3.63, 3.8) is 0 Å². The Hall–Kier alpha value is -1.60. The summed E-state index contributed by atoms with van der Waals surface area (Å²) in [6.45, 7) is -1.90. The molecule has 2 aromatic rings. The van der Waals surface area contributed by atoms with Gasteiger partial charge in [-0.2, -0.15) is 5.10 Å². The van der Waals surface area contributed by atoms with Crippen LogP contribution in [0.5, 0.6) is 0 Å². The van der Waals surface area contributed by atoms with Gasteiger partial charge in [0.1, 0.15) is 0 Å². The molecule has 2 rings (SSSR count). The lowest BCUT2D eigenvalue weighted by atomic mass is 10.2. The van der Waals surface area contributed by atoms with Crippen LogP contribution in [0.1, 0.15) is 17.0 Å². The fourth-order valence-electron chi connectivity index (χ4n) is 1.85. The second-order valence-electron chi connectivity index (χ2n) is 4.45. The van der Waals surface area contributed by atoms with Crippen LogP contribution in [0.25, 0.3) is 10.9 Å². The Balaban J connectivity index is 2.17. The largest absolute Gasteiger partial charge is 0.385 e. The number of methoxy groups -OCH3 is 1. The highest BCUT2D eigenvalue weighted by Gasteiger charge is 2.11. The van der Waals surface area contributed by atoms with E-state index in [1.54, 1.807) is 19.2 Å². The molecule has 0 atom stereocenters. The van der Waals surface area contributed by atoms with E-state index in [4.69, 9.17) is 8.85 Å². The van der Waals surface area contributed by atoms with E-state index in [0.717, 1.165) is 4.68 Å². The third kappa shape index (κ3) is 3.71. The van der Waals surface area contributed by atoms with E-state index < -0.39 is 17.0 Å². The first-order valence-electron chi connectivity index (χ1n) is 7.71. The van der Waals surface area contributed by atoms with Crippen molar-refractivity contribution in [2.24, 2.45) is 6.98 Å². The van der Waals surface area contributed by atoms with E-state index in [1.807, 2.05) is 0 Å². The zero-order valence-corrected chi connectivity index (χ0v) is 12.0. The Morgan fingerprint density at radius 3 is 3.05 bits per heavy atom. The third-order valence-electron chi connectivity index (χ3n) is 2.86. The van der Waals surface area contributed by atoms with Crippen LogP contribution in [-0.2, 0) is 21.7 Å². The van der Waals surface area contributed by atoms with Gasteiger partial charge >= 0.3 is 0 Å². The molecule has 0 fully saturated rings. The first-order valence-corrected chi connectivity index (χ1v) is 7.86. The fraction of sp³-hybridized carbons (Fsp3) is 0.462. The van der Waals surface area contributed by atoms with E-state index in [0.29, 0.717) is 36.0 Å². The second-order valence-corrected chi connectivity index (χ2v) is 6.29. The Kier molecular flexibility index (Phi) is 3.46. The molecule has 1 N–H and O–H groups in total. The number of rotatable bonds is 7. The molecular weight excluding hydrogens is 278 g/mol. The van der Waals surface area contributed by atoms with Gasteiger partial charge in [-0.15, -0.1) is 0 Å². The van der Waals surface area contributed by atoms with Crippen LogP contribution in [0.4, 0.5) is 5.69 Å². The number of nitrogens with zero attached hydrogens (tertiary/aromatic N) is 2. The molecule has 0 aliphatic rings. The van der Waals surface area contributed by atoms with Gasteiger partial charge in [0, 0.05) is 30.2 Å². The summed E-state index contributed by atoms with van der Waals surface area (Å²) in [6.07, 6.45) is 2.58. The van der Waals surface area contributed by atoms with E-state index in [2.05, 4.69) is 9.82 Å². The van der Waals surface area contributed by atoms with Gasteiger partial charge in [0.2, 0.25) is 10.0 Å². The predicted octanol–water partition coefficient (Wildman–Crippen LogP) is 1.74. The van der Waals surface area contributed by atoms with Gasteiger partial charge in [-0.1, -0.05) is 0 Å². The summed E-state index contributed by atoms with van der Waals surface area (Å²) < 4.78 is 54.6. The van der Waals surface area contributed by atoms with Crippen LogP contribution in [0.3, 0.4) is 0 Å². The van der Waals surface area contributed by atoms with Crippen LogP contribution < -0.4 is 4.72 Å². The van der Waals surface area contributed by atoms with Crippen LogP contribution in [0.15, 0.2) is 24.4 Å². The summed E-state index contributed by atoms with van der Waals surface area (Å²) in [6, 6.07) is 4.69. The van der Waals surface area contributed by atoms with Gasteiger partial charge in [0.05, 0.1) is 23.2 Å². The van der Waals surface area contributed by atoms with Crippen LogP contribution in [0, 0.1) is 0 Å². The van der Waals surface area contributed by atoms with Crippen molar-refractivity contribution >= 4 is 26.6 Å². The van der Waals surface area contributed by atoms with E-state index in [1.165, 1.54) is 12.3 Å². The highest BCUT2D eigenvalue weighted by molar-refractivity contribution is 7.92. The van der Waals surface area contributed by atoms with Crippen molar-refractivity contribution in [2.75, 3.05) is 24.2 Å². The maximum absolute atomic E-state index is 12.0. The lowest BCUT2D eigenvalue weighted by Gasteiger charge is -2.08. The highest BCUT2D eigenvalue weighted by atomic mass is 32.2. The van der Waals surface area contributed by atoms with E-state index in [-0.39, 0.29) is 5.75 Å². The molecule has 0 unspecified atom stereocenters. The van der Waals surface area contributed by atoms with Gasteiger partial charge in [0.25, 0.3) is 0 Å². The SMILES string of the molecule is [2H]C([2H])([2H])n1ncc2ccc(NS(=O)(=O)CCCCOC)cc21. The van der Waals surface area contributed by atoms with Crippen molar-refractivity contribution in [3.8, 4) is 0 Å². The number of hydrogen-bond acceptors (Lipinski definition) is 4. The minimum Gasteiger partial charge on any atom is -0.385 e. The van der Waals surface area contributed by atoms with Gasteiger partial charge in [0.15, 0.2) is 0 Å². The van der Waals surface area contributed by atoms with Crippen LogP contribution in [0.2, 0.25) is 0 Å². The molecule has 0 radical (unpaired) electrons. The predicted molar refractivity (Wildman–Crippen MR) is 79.2 cm³/mol. The average Bonchev–Trinajstić information content (AvgIpc) is 2.86. The summed E-state index contributed by atoms with van der Waals surface area (Å²) in [5, 5.41) is 4.47. The summed E-state index contributed by atoms with van der Waals surface area (Å²) in [5.74, 6) is -0.0209. The molecule has 0 saturated carbocycles. The van der Waals surface area contributed by atoms with Gasteiger partial charge in [-0.3, -0.25) is 9.40 Å². The first kappa shape index (κ1) is 11.1. The van der Waals surface area contributed by atoms with Gasteiger partial charge in [-0.05, 0) is 31.0 Å². The average molecular weight is 300 g/mol. The number of anilines is 1. The van der Waals surface area contributed by atoms with Crippen molar-refractivity contribution in [1.82, 2.24) is 9.78 Å². The Labute approximate surface area is 123 Å². The number of sulfonamides is 1. The molecule has 0 spiro atoms. The number of ether oxygens (including phenoxy) is 1. The molecule has 0 bridgehead atoms. The lowest BCUT2D eigenvalue weighted by Crippen LogP contribution is -2.17. The molecule has 110 valence electrons. The molecule has 1 heterocycles.